The third-order valence-electron chi connectivity index (χ3n) is 2.75. The minimum atomic E-state index is -3.68. The normalized spacial score (nSPS) is 15.3. The van der Waals surface area contributed by atoms with Crippen molar-refractivity contribution in [1.82, 2.24) is 4.72 Å². The molecule has 0 aliphatic heterocycles. The van der Waals surface area contributed by atoms with Gasteiger partial charge in [-0.05, 0) is 26.3 Å². The van der Waals surface area contributed by atoms with Crippen LogP contribution in [0.1, 0.15) is 26.3 Å². The van der Waals surface area contributed by atoms with E-state index < -0.39 is 26.8 Å². The summed E-state index contributed by atoms with van der Waals surface area (Å²) in [5.74, 6) is -1.24. The number of nitrogens with one attached hydrogen (secondary N) is 1. The van der Waals surface area contributed by atoms with Gasteiger partial charge in [0.25, 0.3) is 0 Å². The third-order valence-corrected chi connectivity index (χ3v) is 4.68. The van der Waals surface area contributed by atoms with Crippen LogP contribution in [0.25, 0.3) is 0 Å². The number of carboxylic acids is 1. The van der Waals surface area contributed by atoms with Crippen LogP contribution in [0.3, 0.4) is 0 Å². The Balaban J connectivity index is 3.23. The van der Waals surface area contributed by atoms with Crippen molar-refractivity contribution in [2.45, 2.75) is 31.6 Å². The van der Waals surface area contributed by atoms with Gasteiger partial charge in [-0.2, -0.15) is 4.72 Å². The summed E-state index contributed by atoms with van der Waals surface area (Å²) in [5.41, 5.74) is -1.27. The van der Waals surface area contributed by atoms with E-state index in [1.807, 2.05) is 0 Å². The van der Waals surface area contributed by atoms with Crippen LogP contribution in [0, 0.1) is 0 Å². The van der Waals surface area contributed by atoms with Crippen molar-refractivity contribution >= 4 is 16.0 Å². The van der Waals surface area contributed by atoms with E-state index in [2.05, 4.69) is 4.72 Å². The van der Waals surface area contributed by atoms with Crippen molar-refractivity contribution in [3.63, 3.8) is 0 Å². The van der Waals surface area contributed by atoms with Crippen LogP contribution in [0.2, 0.25) is 0 Å². The van der Waals surface area contributed by atoms with E-state index >= 15 is 0 Å². The molecule has 1 aromatic carbocycles. The van der Waals surface area contributed by atoms with Gasteiger partial charge in [-0.3, -0.25) is 0 Å². The van der Waals surface area contributed by atoms with Crippen LogP contribution >= 0.6 is 0 Å². The van der Waals surface area contributed by atoms with Gasteiger partial charge in [0.15, 0.2) is 5.54 Å². The molecule has 0 aromatic heterocycles. The smallest absolute Gasteiger partial charge is 0.329 e. The molecule has 100 valence electrons. The highest BCUT2D eigenvalue weighted by Crippen LogP contribution is 2.22. The molecule has 0 heterocycles. The molecule has 1 atom stereocenters. The maximum absolute atomic E-state index is 11.8. The van der Waals surface area contributed by atoms with Gasteiger partial charge in [0.2, 0.25) is 10.0 Å². The largest absolute Gasteiger partial charge is 0.480 e. The lowest BCUT2D eigenvalue weighted by Crippen LogP contribution is -2.51. The molecule has 1 rings (SSSR count). The molecule has 0 bridgehead atoms. The molecule has 18 heavy (non-hydrogen) atoms. The van der Waals surface area contributed by atoms with Gasteiger partial charge in [0.1, 0.15) is 0 Å². The standard InChI is InChI=1S/C12H17NO4S/c1-9(2)18(16,17)13-12(3,11(14)15)10-7-5-4-6-8-10/h4-9,13H,1-3H3,(H,14,15). The molecule has 0 spiro atoms. The maximum Gasteiger partial charge on any atom is 0.329 e. The average molecular weight is 271 g/mol. The molecule has 5 nitrogen and oxygen atoms in total. The van der Waals surface area contributed by atoms with E-state index in [-0.39, 0.29) is 0 Å². The zero-order chi connectivity index (χ0) is 14.0. The second kappa shape index (κ2) is 5.07. The maximum atomic E-state index is 11.8. The van der Waals surface area contributed by atoms with Gasteiger partial charge in [-0.25, -0.2) is 13.2 Å². The van der Waals surface area contributed by atoms with Crippen molar-refractivity contribution in [2.75, 3.05) is 0 Å². The number of hydrogen-bond donors (Lipinski definition) is 2. The van der Waals surface area contributed by atoms with Crippen molar-refractivity contribution in [3.05, 3.63) is 35.9 Å². The van der Waals surface area contributed by atoms with E-state index in [0.717, 1.165) is 0 Å². The number of hydrogen-bond acceptors (Lipinski definition) is 3. The van der Waals surface area contributed by atoms with Crippen LogP contribution in [0.15, 0.2) is 30.3 Å². The Labute approximate surface area is 107 Å². The molecule has 0 saturated carbocycles. The zero-order valence-electron chi connectivity index (χ0n) is 10.5. The molecular formula is C12H17NO4S. The first-order valence-corrected chi connectivity index (χ1v) is 7.06. The van der Waals surface area contributed by atoms with Crippen LogP contribution < -0.4 is 4.72 Å². The number of sulfonamides is 1. The number of carbonyl (C=O) groups is 1. The van der Waals surface area contributed by atoms with Gasteiger partial charge in [0, 0.05) is 0 Å². The Morgan fingerprint density at radius 2 is 1.78 bits per heavy atom. The molecule has 0 aliphatic carbocycles. The molecular weight excluding hydrogens is 254 g/mol. The number of aliphatic carboxylic acids is 1. The fraction of sp³-hybridized carbons (Fsp3) is 0.417. The molecule has 0 saturated heterocycles. The third kappa shape index (κ3) is 2.88. The Morgan fingerprint density at radius 1 is 1.28 bits per heavy atom. The zero-order valence-corrected chi connectivity index (χ0v) is 11.4. The van der Waals surface area contributed by atoms with Crippen LogP contribution in [-0.4, -0.2) is 24.7 Å². The highest BCUT2D eigenvalue weighted by molar-refractivity contribution is 7.90. The minimum absolute atomic E-state index is 0.390. The molecule has 0 radical (unpaired) electrons. The second-order valence-corrected chi connectivity index (χ2v) is 6.73. The lowest BCUT2D eigenvalue weighted by atomic mass is 9.94. The monoisotopic (exact) mass is 271 g/mol. The molecule has 0 amide bonds. The van der Waals surface area contributed by atoms with E-state index in [0.29, 0.717) is 5.56 Å². The molecule has 1 aromatic rings. The molecule has 0 aliphatic rings. The Morgan fingerprint density at radius 3 is 2.17 bits per heavy atom. The Kier molecular flexibility index (Phi) is 4.13. The fourth-order valence-corrected chi connectivity index (χ4v) is 2.41. The van der Waals surface area contributed by atoms with Gasteiger partial charge in [-0.15, -0.1) is 0 Å². The van der Waals surface area contributed by atoms with E-state index in [4.69, 9.17) is 0 Å². The van der Waals surface area contributed by atoms with E-state index in [9.17, 15) is 18.3 Å². The lowest BCUT2D eigenvalue weighted by Gasteiger charge is -2.27. The van der Waals surface area contributed by atoms with Gasteiger partial charge in [-0.1, -0.05) is 30.3 Å². The first-order valence-electron chi connectivity index (χ1n) is 5.52. The molecule has 6 heteroatoms. The average Bonchev–Trinajstić information content (AvgIpc) is 2.29. The summed E-state index contributed by atoms with van der Waals surface area (Å²) in [6.07, 6.45) is 0. The van der Waals surface area contributed by atoms with Crippen molar-refractivity contribution in [3.8, 4) is 0 Å². The van der Waals surface area contributed by atoms with Crippen molar-refractivity contribution < 1.29 is 18.3 Å². The van der Waals surface area contributed by atoms with Gasteiger partial charge < -0.3 is 5.11 Å². The minimum Gasteiger partial charge on any atom is -0.480 e. The number of benzene rings is 1. The summed E-state index contributed by atoms with van der Waals surface area (Å²) in [6, 6.07) is 8.23. The van der Waals surface area contributed by atoms with Crippen molar-refractivity contribution in [1.29, 1.82) is 0 Å². The first kappa shape index (κ1) is 14.7. The predicted molar refractivity (Wildman–Crippen MR) is 68.6 cm³/mol. The number of rotatable bonds is 5. The van der Waals surface area contributed by atoms with Gasteiger partial charge in [0.05, 0.1) is 5.25 Å². The number of carboxylic acid groups (broad SMARTS) is 1. The Bertz CT molecular complexity index is 524. The summed E-state index contributed by atoms with van der Waals surface area (Å²) in [5, 5.41) is 8.61. The summed E-state index contributed by atoms with van der Waals surface area (Å²) < 4.78 is 26.0. The highest BCUT2D eigenvalue weighted by atomic mass is 32.2. The Hall–Kier alpha value is -1.40. The summed E-state index contributed by atoms with van der Waals surface area (Å²) in [4.78, 5) is 11.4. The van der Waals surface area contributed by atoms with E-state index in [1.165, 1.54) is 20.8 Å². The lowest BCUT2D eigenvalue weighted by molar-refractivity contribution is -0.143. The quantitative estimate of drug-likeness (QED) is 0.846. The fourth-order valence-electron chi connectivity index (χ4n) is 1.40. The summed E-state index contributed by atoms with van der Waals surface area (Å²) in [6.45, 7) is 4.33. The molecule has 2 N–H and O–H groups in total. The first-order chi connectivity index (χ1) is 8.20. The summed E-state index contributed by atoms with van der Waals surface area (Å²) in [7, 11) is -3.68. The van der Waals surface area contributed by atoms with Crippen LogP contribution in [-0.2, 0) is 20.4 Å². The SMILES string of the molecule is CC(C)S(=O)(=O)NC(C)(C(=O)O)c1ccccc1. The van der Waals surface area contributed by atoms with E-state index in [1.54, 1.807) is 30.3 Å². The van der Waals surface area contributed by atoms with Crippen LogP contribution in [0.4, 0.5) is 0 Å². The molecule has 0 fully saturated rings. The molecule has 1 unspecified atom stereocenters. The second-order valence-electron chi connectivity index (χ2n) is 4.49. The van der Waals surface area contributed by atoms with Gasteiger partial charge >= 0.3 is 5.97 Å². The summed E-state index contributed by atoms with van der Waals surface area (Å²) >= 11 is 0. The highest BCUT2D eigenvalue weighted by Gasteiger charge is 2.39. The predicted octanol–water partition coefficient (Wildman–Crippen LogP) is 1.31. The topological polar surface area (TPSA) is 83.5 Å². The van der Waals surface area contributed by atoms with Crippen LogP contribution in [0.5, 0.6) is 0 Å². The van der Waals surface area contributed by atoms with Crippen molar-refractivity contribution in [2.24, 2.45) is 0 Å².